The molecule has 0 aliphatic rings. The van der Waals surface area contributed by atoms with Gasteiger partial charge in [-0.15, -0.1) is 0 Å². The number of benzene rings is 1. The summed E-state index contributed by atoms with van der Waals surface area (Å²) in [5.74, 6) is -2.99. The number of aromatic nitrogens is 1. The first kappa shape index (κ1) is 17.7. The maximum atomic E-state index is 12.9. The molecule has 2 aromatic rings. The lowest BCUT2D eigenvalue weighted by Gasteiger charge is -2.11. The average molecular weight is 349 g/mol. The molecule has 0 saturated carbocycles. The molecular formula is C17H14ClFN2O3. The number of rotatable bonds is 6. The topological polar surface area (TPSA) is 68.6 Å². The van der Waals surface area contributed by atoms with Crippen LogP contribution in [0.25, 0.3) is 0 Å². The third-order valence-electron chi connectivity index (χ3n) is 3.05. The second kappa shape index (κ2) is 8.31. The number of Topliss-reactive ketones (excluding diaryl/α,β-unsaturated/α-hetero) is 1. The number of esters is 1. The zero-order valence-corrected chi connectivity index (χ0v) is 13.5. The van der Waals surface area contributed by atoms with Crippen LogP contribution in [0.15, 0.2) is 47.6 Å². The molecule has 1 atom stereocenters. The molecule has 0 radical (unpaired) electrons. The number of halogens is 2. The van der Waals surface area contributed by atoms with E-state index in [1.54, 1.807) is 13.0 Å². The number of ketones is 1. The first-order chi connectivity index (χ1) is 11.5. The van der Waals surface area contributed by atoms with E-state index in [9.17, 15) is 14.0 Å². The molecule has 1 heterocycles. The smallest absolute Gasteiger partial charge is 0.322 e. The molecule has 0 N–H and O–H groups in total. The van der Waals surface area contributed by atoms with Gasteiger partial charge in [0, 0.05) is 12.4 Å². The summed E-state index contributed by atoms with van der Waals surface area (Å²) in [7, 11) is 0. The van der Waals surface area contributed by atoms with Crippen molar-refractivity contribution in [2.75, 3.05) is 6.61 Å². The number of pyridine rings is 1. The van der Waals surface area contributed by atoms with Crippen LogP contribution in [0.5, 0.6) is 0 Å². The Hall–Kier alpha value is -2.60. The molecule has 0 spiro atoms. The number of carbonyl (C=O) groups is 2. The number of aliphatic imine (C=N–C) groups is 1. The minimum atomic E-state index is -1.27. The predicted molar refractivity (Wildman–Crippen MR) is 88.3 cm³/mol. The van der Waals surface area contributed by atoms with Gasteiger partial charge in [-0.05, 0) is 43.3 Å². The van der Waals surface area contributed by atoms with Gasteiger partial charge in [0.25, 0.3) is 0 Å². The largest absolute Gasteiger partial charge is 0.465 e. The Kier molecular flexibility index (Phi) is 6.14. The van der Waals surface area contributed by atoms with Crippen LogP contribution in [-0.2, 0) is 9.53 Å². The van der Waals surface area contributed by atoms with Crippen LogP contribution >= 0.6 is 11.6 Å². The minimum Gasteiger partial charge on any atom is -0.465 e. The van der Waals surface area contributed by atoms with E-state index >= 15 is 0 Å². The Bertz CT molecular complexity index is 763. The van der Waals surface area contributed by atoms with E-state index in [-0.39, 0.29) is 17.3 Å². The van der Waals surface area contributed by atoms with Crippen molar-refractivity contribution in [1.29, 1.82) is 0 Å². The Labute approximate surface area is 143 Å². The maximum absolute atomic E-state index is 12.9. The molecule has 0 fully saturated rings. The molecule has 1 unspecified atom stereocenters. The van der Waals surface area contributed by atoms with Gasteiger partial charge in [0.2, 0.25) is 0 Å². The molecular weight excluding hydrogens is 335 g/mol. The van der Waals surface area contributed by atoms with Crippen LogP contribution < -0.4 is 0 Å². The van der Waals surface area contributed by atoms with E-state index < -0.39 is 23.5 Å². The fraction of sp³-hybridized carbons (Fsp3) is 0.176. The zero-order valence-electron chi connectivity index (χ0n) is 12.8. The average Bonchev–Trinajstić information content (AvgIpc) is 2.57. The highest BCUT2D eigenvalue weighted by Gasteiger charge is 2.29. The van der Waals surface area contributed by atoms with Crippen molar-refractivity contribution >= 4 is 35.3 Å². The molecule has 7 heteroatoms. The second-order valence-corrected chi connectivity index (χ2v) is 5.05. The third kappa shape index (κ3) is 4.45. The fourth-order valence-corrected chi connectivity index (χ4v) is 2.11. The molecule has 0 aliphatic carbocycles. The zero-order chi connectivity index (χ0) is 17.5. The Morgan fingerprint density at radius 2 is 2.04 bits per heavy atom. The number of carbonyl (C=O) groups excluding carboxylic acids is 2. The molecule has 1 aromatic heterocycles. The number of ether oxygens (including phenoxy) is 1. The monoisotopic (exact) mass is 348 g/mol. The van der Waals surface area contributed by atoms with Crippen molar-refractivity contribution < 1.29 is 18.7 Å². The lowest BCUT2D eigenvalue weighted by molar-refractivity contribution is -0.143. The van der Waals surface area contributed by atoms with Crippen molar-refractivity contribution in [1.82, 2.24) is 4.98 Å². The standard InChI is InChI=1S/C17H14ClFN2O3/c1-2-24-17(23)14(10-21-12-7-5-11(19)6-8-12)15(22)13-4-3-9-20-16(13)18/h3-10,14H,2H2,1H3. The summed E-state index contributed by atoms with van der Waals surface area (Å²) in [5.41, 5.74) is 0.499. The van der Waals surface area contributed by atoms with Gasteiger partial charge in [0.05, 0.1) is 17.9 Å². The molecule has 24 heavy (non-hydrogen) atoms. The molecule has 2 rings (SSSR count). The van der Waals surface area contributed by atoms with E-state index in [1.807, 2.05) is 0 Å². The van der Waals surface area contributed by atoms with Gasteiger partial charge in [0.1, 0.15) is 11.0 Å². The molecule has 0 saturated heterocycles. The van der Waals surface area contributed by atoms with Crippen LogP contribution in [0.4, 0.5) is 10.1 Å². The Balaban J connectivity index is 2.31. The Morgan fingerprint density at radius 1 is 1.33 bits per heavy atom. The van der Waals surface area contributed by atoms with Crippen LogP contribution in [0.2, 0.25) is 5.15 Å². The highest BCUT2D eigenvalue weighted by Crippen LogP contribution is 2.18. The van der Waals surface area contributed by atoms with Gasteiger partial charge in [-0.3, -0.25) is 14.6 Å². The quantitative estimate of drug-likeness (QED) is 0.263. The van der Waals surface area contributed by atoms with Crippen molar-refractivity contribution in [3.63, 3.8) is 0 Å². The van der Waals surface area contributed by atoms with Gasteiger partial charge in [-0.1, -0.05) is 11.6 Å². The minimum absolute atomic E-state index is 0.00743. The first-order valence-electron chi connectivity index (χ1n) is 7.14. The first-order valence-corrected chi connectivity index (χ1v) is 7.52. The fourth-order valence-electron chi connectivity index (χ4n) is 1.89. The maximum Gasteiger partial charge on any atom is 0.322 e. The summed E-state index contributed by atoms with van der Waals surface area (Å²) < 4.78 is 17.8. The molecule has 124 valence electrons. The van der Waals surface area contributed by atoms with Crippen molar-refractivity contribution in [3.05, 3.63) is 59.1 Å². The van der Waals surface area contributed by atoms with E-state index in [1.165, 1.54) is 36.5 Å². The van der Waals surface area contributed by atoms with Gasteiger partial charge in [-0.2, -0.15) is 0 Å². The SMILES string of the molecule is CCOC(=O)C(C=Nc1ccc(F)cc1)C(=O)c1cccnc1Cl. The van der Waals surface area contributed by atoms with Crippen molar-refractivity contribution in [2.24, 2.45) is 10.9 Å². The summed E-state index contributed by atoms with van der Waals surface area (Å²) in [4.78, 5) is 32.5. The van der Waals surface area contributed by atoms with Gasteiger partial charge >= 0.3 is 5.97 Å². The highest BCUT2D eigenvalue weighted by molar-refractivity contribution is 6.34. The van der Waals surface area contributed by atoms with E-state index in [0.717, 1.165) is 6.21 Å². The van der Waals surface area contributed by atoms with E-state index in [2.05, 4.69) is 9.98 Å². The summed E-state index contributed by atoms with van der Waals surface area (Å²) in [6, 6.07) is 8.32. The van der Waals surface area contributed by atoms with Gasteiger partial charge in [-0.25, -0.2) is 9.37 Å². The lowest BCUT2D eigenvalue weighted by Crippen LogP contribution is -2.28. The predicted octanol–water partition coefficient (Wildman–Crippen LogP) is 3.64. The summed E-state index contributed by atoms with van der Waals surface area (Å²) in [6.07, 6.45) is 2.60. The normalized spacial score (nSPS) is 12.1. The molecule has 0 amide bonds. The van der Waals surface area contributed by atoms with E-state index in [4.69, 9.17) is 16.3 Å². The second-order valence-electron chi connectivity index (χ2n) is 4.69. The van der Waals surface area contributed by atoms with Crippen molar-refractivity contribution in [3.8, 4) is 0 Å². The number of nitrogens with zero attached hydrogens (tertiary/aromatic N) is 2. The summed E-state index contributed by atoms with van der Waals surface area (Å²) in [6.45, 7) is 1.75. The van der Waals surface area contributed by atoms with E-state index in [0.29, 0.717) is 5.69 Å². The molecule has 5 nitrogen and oxygen atoms in total. The van der Waals surface area contributed by atoms with Crippen LogP contribution in [0, 0.1) is 11.7 Å². The summed E-state index contributed by atoms with van der Waals surface area (Å²) >= 11 is 5.91. The van der Waals surface area contributed by atoms with Gasteiger partial charge < -0.3 is 4.74 Å². The molecule has 0 bridgehead atoms. The van der Waals surface area contributed by atoms with Crippen molar-refractivity contribution in [2.45, 2.75) is 6.92 Å². The number of hydrogen-bond acceptors (Lipinski definition) is 5. The molecule has 0 aliphatic heterocycles. The van der Waals surface area contributed by atoms with Crippen LogP contribution in [0.1, 0.15) is 17.3 Å². The Morgan fingerprint density at radius 3 is 2.67 bits per heavy atom. The van der Waals surface area contributed by atoms with Crippen LogP contribution in [-0.4, -0.2) is 29.6 Å². The summed E-state index contributed by atoms with van der Waals surface area (Å²) in [5, 5.41) is -0.00743. The van der Waals surface area contributed by atoms with Crippen LogP contribution in [0.3, 0.4) is 0 Å². The lowest BCUT2D eigenvalue weighted by atomic mass is 10.00. The number of hydrogen-bond donors (Lipinski definition) is 0. The molecule has 1 aromatic carbocycles. The van der Waals surface area contributed by atoms with Gasteiger partial charge in [0.15, 0.2) is 11.7 Å². The third-order valence-corrected chi connectivity index (χ3v) is 3.35. The highest BCUT2D eigenvalue weighted by atomic mass is 35.5.